The first-order valence-corrected chi connectivity index (χ1v) is 5.06. The molecule has 0 atom stereocenters. The SMILES string of the molecule is CC(C)C(=O)c1cc(Br)c(F)c(F)c1O. The number of carbonyl (C=O) groups excluding carboxylic acids is 1. The fraction of sp³-hybridized carbons (Fsp3) is 0.300. The van der Waals surface area contributed by atoms with Gasteiger partial charge in [0.05, 0.1) is 10.0 Å². The molecule has 0 saturated heterocycles. The highest BCUT2D eigenvalue weighted by molar-refractivity contribution is 9.10. The maximum atomic E-state index is 13.1. The predicted molar refractivity (Wildman–Crippen MR) is 54.9 cm³/mol. The normalized spacial score (nSPS) is 10.8. The second-order valence-electron chi connectivity index (χ2n) is 3.40. The summed E-state index contributed by atoms with van der Waals surface area (Å²) >= 11 is 2.77. The van der Waals surface area contributed by atoms with E-state index >= 15 is 0 Å². The van der Waals surface area contributed by atoms with Crippen molar-refractivity contribution < 1.29 is 18.7 Å². The highest BCUT2D eigenvalue weighted by Crippen LogP contribution is 2.31. The third-order valence-electron chi connectivity index (χ3n) is 1.93. The summed E-state index contributed by atoms with van der Waals surface area (Å²) in [6.07, 6.45) is 0. The summed E-state index contributed by atoms with van der Waals surface area (Å²) < 4.78 is 25.8. The van der Waals surface area contributed by atoms with Crippen LogP contribution in [-0.2, 0) is 0 Å². The lowest BCUT2D eigenvalue weighted by atomic mass is 10.00. The monoisotopic (exact) mass is 278 g/mol. The van der Waals surface area contributed by atoms with Crippen LogP contribution >= 0.6 is 15.9 Å². The van der Waals surface area contributed by atoms with Crippen molar-refractivity contribution in [3.8, 4) is 5.75 Å². The van der Waals surface area contributed by atoms with E-state index in [9.17, 15) is 18.7 Å². The largest absolute Gasteiger partial charge is 0.504 e. The van der Waals surface area contributed by atoms with Gasteiger partial charge in [0.15, 0.2) is 17.3 Å². The third kappa shape index (κ3) is 2.17. The first kappa shape index (κ1) is 12.1. The molecule has 0 radical (unpaired) electrons. The molecule has 0 heterocycles. The number of hydrogen-bond acceptors (Lipinski definition) is 2. The van der Waals surface area contributed by atoms with Gasteiger partial charge >= 0.3 is 0 Å². The van der Waals surface area contributed by atoms with Crippen molar-refractivity contribution in [1.29, 1.82) is 0 Å². The molecule has 82 valence electrons. The molecular formula is C10H9BrF2O2. The molecule has 0 aromatic heterocycles. The Balaban J connectivity index is 3.39. The van der Waals surface area contributed by atoms with Gasteiger partial charge in [-0.2, -0.15) is 4.39 Å². The zero-order valence-electron chi connectivity index (χ0n) is 8.14. The molecule has 5 heteroatoms. The summed E-state index contributed by atoms with van der Waals surface area (Å²) in [5.74, 6) is -4.38. The Labute approximate surface area is 94.0 Å². The lowest BCUT2D eigenvalue weighted by molar-refractivity contribution is 0.0935. The molecule has 0 aliphatic rings. The molecule has 1 rings (SSSR count). The van der Waals surface area contributed by atoms with Crippen LogP contribution in [0.1, 0.15) is 24.2 Å². The van der Waals surface area contributed by atoms with E-state index in [0.29, 0.717) is 0 Å². The number of rotatable bonds is 2. The first-order chi connectivity index (χ1) is 6.86. The smallest absolute Gasteiger partial charge is 0.202 e. The Morgan fingerprint density at radius 2 is 1.93 bits per heavy atom. The Morgan fingerprint density at radius 1 is 1.40 bits per heavy atom. The Bertz CT molecular complexity index is 416. The van der Waals surface area contributed by atoms with E-state index < -0.39 is 29.1 Å². The maximum absolute atomic E-state index is 13.1. The molecule has 0 unspecified atom stereocenters. The number of Topliss-reactive ketones (excluding diaryl/α,β-unsaturated/α-hetero) is 1. The van der Waals surface area contributed by atoms with Crippen LogP contribution in [0.25, 0.3) is 0 Å². The molecular weight excluding hydrogens is 270 g/mol. The number of phenols is 1. The number of ketones is 1. The molecule has 0 saturated carbocycles. The minimum absolute atomic E-state index is 0.179. The van der Waals surface area contributed by atoms with Crippen molar-refractivity contribution >= 4 is 21.7 Å². The topological polar surface area (TPSA) is 37.3 Å². The van der Waals surface area contributed by atoms with Crippen molar-refractivity contribution in [2.45, 2.75) is 13.8 Å². The van der Waals surface area contributed by atoms with E-state index in [1.807, 2.05) is 0 Å². The van der Waals surface area contributed by atoms with Gasteiger partial charge in [0.25, 0.3) is 0 Å². The second kappa shape index (κ2) is 4.26. The third-order valence-corrected chi connectivity index (χ3v) is 2.50. The molecule has 2 nitrogen and oxygen atoms in total. The number of hydrogen-bond donors (Lipinski definition) is 1. The predicted octanol–water partition coefficient (Wildman–Crippen LogP) is 3.27. The van der Waals surface area contributed by atoms with Gasteiger partial charge in [-0.25, -0.2) is 4.39 Å². The van der Waals surface area contributed by atoms with Gasteiger partial charge in [0, 0.05) is 5.92 Å². The molecule has 0 bridgehead atoms. The van der Waals surface area contributed by atoms with Gasteiger partial charge in [0.1, 0.15) is 0 Å². The van der Waals surface area contributed by atoms with Gasteiger partial charge in [-0.3, -0.25) is 4.79 Å². The van der Waals surface area contributed by atoms with Crippen molar-refractivity contribution in [2.75, 3.05) is 0 Å². The molecule has 1 aromatic rings. The minimum atomic E-state index is -1.41. The zero-order valence-corrected chi connectivity index (χ0v) is 9.73. The van der Waals surface area contributed by atoms with Crippen LogP contribution in [0.4, 0.5) is 8.78 Å². The summed E-state index contributed by atoms with van der Waals surface area (Å²) in [7, 11) is 0. The lowest BCUT2D eigenvalue weighted by Crippen LogP contribution is -2.09. The average Bonchev–Trinajstić information content (AvgIpc) is 2.19. The summed E-state index contributed by atoms with van der Waals surface area (Å²) in [5, 5.41) is 9.27. The van der Waals surface area contributed by atoms with Crippen LogP contribution in [0, 0.1) is 17.6 Å². The number of phenolic OH excluding ortho intramolecular Hbond substituents is 1. The number of benzene rings is 1. The summed E-state index contributed by atoms with van der Waals surface area (Å²) in [6, 6.07) is 1.08. The fourth-order valence-corrected chi connectivity index (χ4v) is 1.49. The number of aromatic hydroxyl groups is 1. The molecule has 1 N–H and O–H groups in total. The van der Waals surface area contributed by atoms with E-state index in [-0.39, 0.29) is 10.0 Å². The van der Waals surface area contributed by atoms with Crippen molar-refractivity contribution in [1.82, 2.24) is 0 Å². The summed E-state index contributed by atoms with van der Waals surface area (Å²) in [4.78, 5) is 11.5. The van der Waals surface area contributed by atoms with E-state index in [1.54, 1.807) is 13.8 Å². The van der Waals surface area contributed by atoms with E-state index in [4.69, 9.17) is 0 Å². The molecule has 0 amide bonds. The Hall–Kier alpha value is -0.970. The van der Waals surface area contributed by atoms with E-state index in [2.05, 4.69) is 15.9 Å². The first-order valence-electron chi connectivity index (χ1n) is 4.27. The van der Waals surface area contributed by atoms with Gasteiger partial charge in [-0.1, -0.05) is 13.8 Å². The molecule has 0 aliphatic carbocycles. The highest BCUT2D eigenvalue weighted by Gasteiger charge is 2.22. The van der Waals surface area contributed by atoms with Gasteiger partial charge in [0.2, 0.25) is 5.82 Å². The van der Waals surface area contributed by atoms with Gasteiger partial charge in [-0.05, 0) is 22.0 Å². The number of carbonyl (C=O) groups is 1. The van der Waals surface area contributed by atoms with Crippen LogP contribution < -0.4 is 0 Å². The Morgan fingerprint density at radius 3 is 2.40 bits per heavy atom. The average molecular weight is 279 g/mol. The van der Waals surface area contributed by atoms with Crippen LogP contribution in [0.2, 0.25) is 0 Å². The van der Waals surface area contributed by atoms with Crippen LogP contribution in [0.5, 0.6) is 5.75 Å². The highest BCUT2D eigenvalue weighted by atomic mass is 79.9. The van der Waals surface area contributed by atoms with Crippen molar-refractivity contribution in [3.05, 3.63) is 27.7 Å². The van der Waals surface area contributed by atoms with Gasteiger partial charge < -0.3 is 5.11 Å². The van der Waals surface area contributed by atoms with Crippen molar-refractivity contribution in [3.63, 3.8) is 0 Å². The standard InChI is InChI=1S/C10H9BrF2O2/c1-4(2)9(14)5-3-6(11)7(12)8(13)10(5)15/h3-4,15H,1-2H3. The zero-order chi connectivity index (χ0) is 11.7. The maximum Gasteiger partial charge on any atom is 0.202 e. The lowest BCUT2D eigenvalue weighted by Gasteiger charge is -2.08. The van der Waals surface area contributed by atoms with Crippen LogP contribution in [0.3, 0.4) is 0 Å². The molecule has 0 fully saturated rings. The van der Waals surface area contributed by atoms with Gasteiger partial charge in [-0.15, -0.1) is 0 Å². The second-order valence-corrected chi connectivity index (χ2v) is 4.26. The number of halogens is 3. The fourth-order valence-electron chi connectivity index (χ4n) is 1.08. The van der Waals surface area contributed by atoms with E-state index in [1.165, 1.54) is 0 Å². The van der Waals surface area contributed by atoms with Crippen LogP contribution in [0.15, 0.2) is 10.5 Å². The molecule has 0 aliphatic heterocycles. The van der Waals surface area contributed by atoms with Crippen LogP contribution in [-0.4, -0.2) is 10.9 Å². The Kier molecular flexibility index (Phi) is 3.44. The minimum Gasteiger partial charge on any atom is -0.504 e. The quantitative estimate of drug-likeness (QED) is 0.666. The summed E-state index contributed by atoms with van der Waals surface area (Å²) in [5.41, 5.74) is -0.212. The molecule has 1 aromatic carbocycles. The summed E-state index contributed by atoms with van der Waals surface area (Å²) in [6.45, 7) is 3.22. The molecule has 15 heavy (non-hydrogen) atoms. The van der Waals surface area contributed by atoms with Crippen molar-refractivity contribution in [2.24, 2.45) is 5.92 Å². The van der Waals surface area contributed by atoms with E-state index in [0.717, 1.165) is 6.07 Å². The molecule has 0 spiro atoms.